The third kappa shape index (κ3) is 5.21. The van der Waals surface area contributed by atoms with Crippen LogP contribution < -0.4 is 0 Å². The normalized spacial score (nSPS) is 13.4. The standard InChI is InChI=1S/C15H26O4SSi/c1-13-7-9-14(10-8-13)20(16,17)18-11-12-19-21(5,6)15(2,3)4/h7-10H,11-12H2,1-6H3. The van der Waals surface area contributed by atoms with Crippen LogP contribution in [0, 0.1) is 6.92 Å². The van der Waals surface area contributed by atoms with Crippen molar-refractivity contribution in [1.29, 1.82) is 0 Å². The van der Waals surface area contributed by atoms with Gasteiger partial charge < -0.3 is 4.43 Å². The average molecular weight is 331 g/mol. The molecule has 1 aromatic carbocycles. The summed E-state index contributed by atoms with van der Waals surface area (Å²) in [4.78, 5) is 0.181. The SMILES string of the molecule is Cc1ccc(S(=O)(=O)OCCO[Si](C)(C)C(C)(C)C)cc1. The molecular weight excluding hydrogens is 304 g/mol. The van der Waals surface area contributed by atoms with E-state index < -0.39 is 18.4 Å². The van der Waals surface area contributed by atoms with Crippen LogP contribution in [-0.4, -0.2) is 29.9 Å². The maximum absolute atomic E-state index is 12.0. The van der Waals surface area contributed by atoms with Gasteiger partial charge in [-0.3, -0.25) is 4.18 Å². The fraction of sp³-hybridized carbons (Fsp3) is 0.600. The van der Waals surface area contributed by atoms with Crippen molar-refractivity contribution in [3.8, 4) is 0 Å². The van der Waals surface area contributed by atoms with Gasteiger partial charge in [0.25, 0.3) is 10.1 Å². The molecule has 0 N–H and O–H groups in total. The monoisotopic (exact) mass is 330 g/mol. The van der Waals surface area contributed by atoms with Crippen molar-refractivity contribution in [1.82, 2.24) is 0 Å². The topological polar surface area (TPSA) is 52.6 Å². The zero-order valence-corrected chi connectivity index (χ0v) is 15.6. The quantitative estimate of drug-likeness (QED) is 0.453. The minimum Gasteiger partial charge on any atom is -0.414 e. The smallest absolute Gasteiger partial charge is 0.297 e. The highest BCUT2D eigenvalue weighted by Gasteiger charge is 2.37. The molecule has 0 saturated carbocycles. The van der Waals surface area contributed by atoms with Crippen molar-refractivity contribution < 1.29 is 17.0 Å². The lowest BCUT2D eigenvalue weighted by molar-refractivity contribution is 0.207. The molecule has 6 heteroatoms. The fourth-order valence-corrected chi connectivity index (χ4v) is 3.35. The molecule has 0 aliphatic carbocycles. The molecule has 0 aliphatic rings. The van der Waals surface area contributed by atoms with Crippen LogP contribution in [0.1, 0.15) is 26.3 Å². The Morgan fingerprint density at radius 2 is 1.57 bits per heavy atom. The third-order valence-corrected chi connectivity index (χ3v) is 9.77. The average Bonchev–Trinajstić information content (AvgIpc) is 2.34. The summed E-state index contributed by atoms with van der Waals surface area (Å²) >= 11 is 0. The van der Waals surface area contributed by atoms with Crippen LogP contribution in [-0.2, 0) is 18.7 Å². The minimum atomic E-state index is -3.69. The van der Waals surface area contributed by atoms with Crippen LogP contribution in [0.25, 0.3) is 0 Å². The molecule has 0 fully saturated rings. The maximum atomic E-state index is 12.0. The molecule has 0 saturated heterocycles. The molecule has 0 amide bonds. The van der Waals surface area contributed by atoms with Gasteiger partial charge in [-0.15, -0.1) is 0 Å². The molecule has 0 unspecified atom stereocenters. The van der Waals surface area contributed by atoms with Crippen LogP contribution in [0.4, 0.5) is 0 Å². The number of hydrogen-bond donors (Lipinski definition) is 0. The van der Waals surface area contributed by atoms with Crippen molar-refractivity contribution >= 4 is 18.4 Å². The molecule has 120 valence electrons. The Morgan fingerprint density at radius 3 is 2.05 bits per heavy atom. The largest absolute Gasteiger partial charge is 0.414 e. The van der Waals surface area contributed by atoms with E-state index in [0.717, 1.165) is 5.56 Å². The molecule has 0 bridgehead atoms. The number of aryl methyl sites for hydroxylation is 1. The minimum absolute atomic E-state index is 0.0444. The Kier molecular flexibility index (Phi) is 5.77. The van der Waals surface area contributed by atoms with Crippen molar-refractivity contribution in [3.05, 3.63) is 29.8 Å². The lowest BCUT2D eigenvalue weighted by Gasteiger charge is -2.36. The molecule has 4 nitrogen and oxygen atoms in total. The third-order valence-electron chi connectivity index (χ3n) is 3.90. The molecule has 0 aromatic heterocycles. The van der Waals surface area contributed by atoms with E-state index in [4.69, 9.17) is 8.61 Å². The summed E-state index contributed by atoms with van der Waals surface area (Å²) in [6.45, 7) is 12.9. The zero-order valence-electron chi connectivity index (χ0n) is 13.8. The van der Waals surface area contributed by atoms with Gasteiger partial charge in [0.15, 0.2) is 8.32 Å². The molecule has 0 atom stereocenters. The summed E-state index contributed by atoms with van der Waals surface area (Å²) < 4.78 is 34.9. The van der Waals surface area contributed by atoms with Crippen molar-refractivity contribution in [2.45, 2.75) is 50.7 Å². The summed E-state index contributed by atoms with van der Waals surface area (Å²) in [5, 5.41) is 0.100. The number of hydrogen-bond acceptors (Lipinski definition) is 4. The first kappa shape index (κ1) is 18.4. The lowest BCUT2D eigenvalue weighted by Crippen LogP contribution is -2.41. The van der Waals surface area contributed by atoms with Crippen molar-refractivity contribution in [3.63, 3.8) is 0 Å². The summed E-state index contributed by atoms with van der Waals surface area (Å²) in [7, 11) is -5.56. The molecular formula is C15H26O4SSi. The van der Waals surface area contributed by atoms with E-state index >= 15 is 0 Å². The highest BCUT2D eigenvalue weighted by atomic mass is 32.2. The van der Waals surface area contributed by atoms with E-state index in [1.54, 1.807) is 24.3 Å². The van der Waals surface area contributed by atoms with Gasteiger partial charge in [0, 0.05) is 0 Å². The number of benzene rings is 1. The van der Waals surface area contributed by atoms with E-state index in [1.165, 1.54) is 0 Å². The Labute approximate surface area is 129 Å². The second-order valence-corrected chi connectivity index (χ2v) is 13.1. The Hall–Kier alpha value is -0.693. The van der Waals surface area contributed by atoms with Gasteiger partial charge in [-0.2, -0.15) is 8.42 Å². The molecule has 0 heterocycles. The summed E-state index contributed by atoms with van der Waals surface area (Å²) in [5.74, 6) is 0. The molecule has 0 aliphatic heterocycles. The number of rotatable bonds is 6. The second-order valence-electron chi connectivity index (χ2n) is 6.70. The summed E-state index contributed by atoms with van der Waals surface area (Å²) in [6, 6.07) is 6.61. The van der Waals surface area contributed by atoms with Gasteiger partial charge in [0.1, 0.15) is 0 Å². The second kappa shape index (κ2) is 6.60. The molecule has 1 rings (SSSR count). The van der Waals surface area contributed by atoms with Gasteiger partial charge in [-0.25, -0.2) is 0 Å². The van der Waals surface area contributed by atoms with E-state index in [-0.39, 0.29) is 16.5 Å². The van der Waals surface area contributed by atoms with Gasteiger partial charge in [0.05, 0.1) is 18.1 Å². The van der Waals surface area contributed by atoms with Gasteiger partial charge >= 0.3 is 0 Å². The first-order chi connectivity index (χ1) is 9.46. The van der Waals surface area contributed by atoms with Crippen LogP contribution in [0.3, 0.4) is 0 Å². The summed E-state index contributed by atoms with van der Waals surface area (Å²) in [5.41, 5.74) is 1.01. The molecule has 21 heavy (non-hydrogen) atoms. The summed E-state index contributed by atoms with van der Waals surface area (Å²) in [6.07, 6.45) is 0. The Morgan fingerprint density at radius 1 is 1.05 bits per heavy atom. The molecule has 1 aromatic rings. The molecule has 0 radical (unpaired) electrons. The predicted octanol–water partition coefficient (Wildman–Crippen LogP) is 3.72. The van der Waals surface area contributed by atoms with Crippen LogP contribution in [0.15, 0.2) is 29.2 Å². The zero-order chi connectivity index (χ0) is 16.3. The van der Waals surface area contributed by atoms with Gasteiger partial charge in [-0.1, -0.05) is 38.5 Å². The highest BCUT2D eigenvalue weighted by Crippen LogP contribution is 2.36. The maximum Gasteiger partial charge on any atom is 0.297 e. The first-order valence-corrected chi connectivity index (χ1v) is 11.4. The van der Waals surface area contributed by atoms with E-state index in [0.29, 0.717) is 6.61 Å². The van der Waals surface area contributed by atoms with E-state index in [9.17, 15) is 8.42 Å². The van der Waals surface area contributed by atoms with E-state index in [2.05, 4.69) is 33.9 Å². The van der Waals surface area contributed by atoms with Crippen LogP contribution >= 0.6 is 0 Å². The van der Waals surface area contributed by atoms with Crippen LogP contribution in [0.2, 0.25) is 18.1 Å². The van der Waals surface area contributed by atoms with Gasteiger partial charge in [0.2, 0.25) is 0 Å². The highest BCUT2D eigenvalue weighted by molar-refractivity contribution is 7.86. The lowest BCUT2D eigenvalue weighted by atomic mass is 10.2. The fourth-order valence-electron chi connectivity index (χ4n) is 1.43. The molecule has 0 spiro atoms. The van der Waals surface area contributed by atoms with E-state index in [1.807, 2.05) is 6.92 Å². The van der Waals surface area contributed by atoms with Crippen molar-refractivity contribution in [2.24, 2.45) is 0 Å². The predicted molar refractivity (Wildman–Crippen MR) is 87.5 cm³/mol. The Bertz CT molecular complexity index is 556. The first-order valence-electron chi connectivity index (χ1n) is 7.06. The van der Waals surface area contributed by atoms with Crippen LogP contribution in [0.5, 0.6) is 0 Å². The van der Waals surface area contributed by atoms with Crippen molar-refractivity contribution in [2.75, 3.05) is 13.2 Å². The Balaban J connectivity index is 2.54. The van der Waals surface area contributed by atoms with Gasteiger partial charge in [-0.05, 0) is 37.2 Å².